The number of hydrogen-bond donors (Lipinski definition) is 2. The molecule has 102 valence electrons. The molecule has 0 spiro atoms. The smallest absolute Gasteiger partial charge is 0.0502 e. The van der Waals surface area contributed by atoms with E-state index in [1.807, 2.05) is 0 Å². The third kappa shape index (κ3) is 5.82. The van der Waals surface area contributed by atoms with Crippen molar-refractivity contribution in [1.82, 2.24) is 10.2 Å². The molecule has 4 nitrogen and oxygen atoms in total. The zero-order valence-electron chi connectivity index (χ0n) is 11.3. The maximum absolute atomic E-state index is 9.05. The number of aliphatic hydroxyl groups excluding tert-OH is 1. The fourth-order valence-corrected chi connectivity index (χ4v) is 2.70. The molecule has 1 aliphatic heterocycles. The van der Waals surface area contributed by atoms with Crippen molar-refractivity contribution < 1.29 is 9.84 Å². The first-order chi connectivity index (χ1) is 8.30. The molecule has 1 saturated heterocycles. The van der Waals surface area contributed by atoms with E-state index in [-0.39, 0.29) is 6.61 Å². The summed E-state index contributed by atoms with van der Waals surface area (Å²) in [6.45, 7) is 7.62. The minimum atomic E-state index is 0.271. The maximum Gasteiger partial charge on any atom is 0.0502 e. The number of rotatable bonds is 8. The van der Waals surface area contributed by atoms with Gasteiger partial charge in [0.1, 0.15) is 0 Å². The van der Waals surface area contributed by atoms with Crippen molar-refractivity contribution in [1.29, 1.82) is 0 Å². The number of nitrogens with zero attached hydrogens (tertiary/aromatic N) is 1. The predicted octanol–water partition coefficient (Wildman–Crippen LogP) is 0.705. The second-order valence-corrected chi connectivity index (χ2v) is 4.99. The van der Waals surface area contributed by atoms with Crippen molar-refractivity contribution in [3.05, 3.63) is 0 Å². The van der Waals surface area contributed by atoms with Crippen LogP contribution in [0, 0.1) is 5.92 Å². The van der Waals surface area contributed by atoms with Crippen molar-refractivity contribution in [3.8, 4) is 0 Å². The van der Waals surface area contributed by atoms with Crippen LogP contribution in [0.5, 0.6) is 0 Å². The number of aliphatic hydroxyl groups is 1. The van der Waals surface area contributed by atoms with Gasteiger partial charge in [0.15, 0.2) is 0 Å². The van der Waals surface area contributed by atoms with Crippen LogP contribution in [0.25, 0.3) is 0 Å². The Morgan fingerprint density at radius 1 is 1.53 bits per heavy atom. The Labute approximate surface area is 105 Å². The highest BCUT2D eigenvalue weighted by molar-refractivity contribution is 4.77. The minimum absolute atomic E-state index is 0.271. The molecule has 1 fully saturated rings. The van der Waals surface area contributed by atoms with Crippen molar-refractivity contribution in [2.24, 2.45) is 5.92 Å². The zero-order valence-corrected chi connectivity index (χ0v) is 11.3. The summed E-state index contributed by atoms with van der Waals surface area (Å²) in [5, 5.41) is 12.5. The van der Waals surface area contributed by atoms with Gasteiger partial charge in [-0.05, 0) is 38.3 Å². The summed E-state index contributed by atoms with van der Waals surface area (Å²) >= 11 is 0. The number of hydrogen-bond acceptors (Lipinski definition) is 4. The standard InChI is InChI=1S/C13H28N2O2/c1-3-14-13(6-8-16)10-15-7-4-5-12(9-15)11-17-2/h12-14,16H,3-11H2,1-2H3. The number of piperidine rings is 1. The van der Waals surface area contributed by atoms with E-state index in [0.717, 1.165) is 32.7 Å². The highest BCUT2D eigenvalue weighted by atomic mass is 16.5. The second kappa shape index (κ2) is 8.86. The predicted molar refractivity (Wildman–Crippen MR) is 70.2 cm³/mol. The van der Waals surface area contributed by atoms with E-state index in [2.05, 4.69) is 17.1 Å². The molecule has 0 aromatic heterocycles. The molecule has 0 radical (unpaired) electrons. The Balaban J connectivity index is 2.32. The lowest BCUT2D eigenvalue weighted by molar-refractivity contribution is 0.0837. The van der Waals surface area contributed by atoms with Gasteiger partial charge in [-0.2, -0.15) is 0 Å². The topological polar surface area (TPSA) is 44.7 Å². The van der Waals surface area contributed by atoms with Crippen LogP contribution in [0.15, 0.2) is 0 Å². The lowest BCUT2D eigenvalue weighted by atomic mass is 9.98. The molecule has 0 saturated carbocycles. The van der Waals surface area contributed by atoms with Gasteiger partial charge in [-0.1, -0.05) is 6.92 Å². The Bertz CT molecular complexity index is 182. The average molecular weight is 244 g/mol. The van der Waals surface area contributed by atoms with Gasteiger partial charge in [0.2, 0.25) is 0 Å². The summed E-state index contributed by atoms with van der Waals surface area (Å²) in [6.07, 6.45) is 3.40. The first-order valence-corrected chi connectivity index (χ1v) is 6.85. The first-order valence-electron chi connectivity index (χ1n) is 6.85. The van der Waals surface area contributed by atoms with E-state index in [4.69, 9.17) is 9.84 Å². The summed E-state index contributed by atoms with van der Waals surface area (Å²) in [4.78, 5) is 2.51. The third-order valence-electron chi connectivity index (χ3n) is 3.45. The molecular formula is C13H28N2O2. The van der Waals surface area contributed by atoms with Crippen LogP contribution < -0.4 is 5.32 Å². The molecule has 0 amide bonds. The van der Waals surface area contributed by atoms with Crippen LogP contribution in [0.4, 0.5) is 0 Å². The van der Waals surface area contributed by atoms with Gasteiger partial charge in [0, 0.05) is 32.8 Å². The van der Waals surface area contributed by atoms with E-state index < -0.39 is 0 Å². The van der Waals surface area contributed by atoms with Gasteiger partial charge in [-0.25, -0.2) is 0 Å². The fraction of sp³-hybridized carbons (Fsp3) is 1.00. The van der Waals surface area contributed by atoms with Gasteiger partial charge in [-0.15, -0.1) is 0 Å². The van der Waals surface area contributed by atoms with Crippen molar-refractivity contribution in [2.45, 2.75) is 32.2 Å². The highest BCUT2D eigenvalue weighted by Crippen LogP contribution is 2.17. The number of nitrogens with one attached hydrogen (secondary N) is 1. The SMILES string of the molecule is CCNC(CCO)CN1CCCC(COC)C1. The summed E-state index contributed by atoms with van der Waals surface area (Å²) in [6, 6.07) is 0.422. The Morgan fingerprint density at radius 3 is 3.00 bits per heavy atom. The molecule has 1 heterocycles. The van der Waals surface area contributed by atoms with E-state index in [0.29, 0.717) is 12.0 Å². The summed E-state index contributed by atoms with van der Waals surface area (Å²) in [5.74, 6) is 0.685. The lowest BCUT2D eigenvalue weighted by Crippen LogP contribution is -2.46. The minimum Gasteiger partial charge on any atom is -0.396 e. The summed E-state index contributed by atoms with van der Waals surface area (Å²) < 4.78 is 5.25. The van der Waals surface area contributed by atoms with Crippen LogP contribution >= 0.6 is 0 Å². The van der Waals surface area contributed by atoms with Gasteiger partial charge >= 0.3 is 0 Å². The molecular weight excluding hydrogens is 216 g/mol. The fourth-order valence-electron chi connectivity index (χ4n) is 2.70. The van der Waals surface area contributed by atoms with E-state index in [9.17, 15) is 0 Å². The monoisotopic (exact) mass is 244 g/mol. The number of ether oxygens (including phenoxy) is 1. The number of likely N-dealkylation sites (tertiary alicyclic amines) is 1. The van der Waals surface area contributed by atoms with Crippen LogP contribution in [0.1, 0.15) is 26.2 Å². The van der Waals surface area contributed by atoms with Crippen LogP contribution in [-0.2, 0) is 4.74 Å². The maximum atomic E-state index is 9.05. The zero-order chi connectivity index (χ0) is 12.5. The third-order valence-corrected chi connectivity index (χ3v) is 3.45. The molecule has 0 bridgehead atoms. The molecule has 17 heavy (non-hydrogen) atoms. The summed E-state index contributed by atoms with van der Waals surface area (Å²) in [5.41, 5.74) is 0. The Morgan fingerprint density at radius 2 is 2.35 bits per heavy atom. The molecule has 0 aromatic carbocycles. The molecule has 0 aliphatic carbocycles. The van der Waals surface area contributed by atoms with Crippen LogP contribution in [0.2, 0.25) is 0 Å². The normalized spacial score (nSPS) is 23.8. The van der Waals surface area contributed by atoms with Crippen molar-refractivity contribution >= 4 is 0 Å². The quantitative estimate of drug-likeness (QED) is 0.660. The average Bonchev–Trinajstić information content (AvgIpc) is 2.30. The Hall–Kier alpha value is -0.160. The second-order valence-electron chi connectivity index (χ2n) is 4.99. The van der Waals surface area contributed by atoms with E-state index in [1.54, 1.807) is 7.11 Å². The lowest BCUT2D eigenvalue weighted by Gasteiger charge is -2.34. The molecule has 1 aliphatic rings. The molecule has 0 aromatic rings. The van der Waals surface area contributed by atoms with Crippen molar-refractivity contribution in [2.75, 3.05) is 46.5 Å². The van der Waals surface area contributed by atoms with Crippen LogP contribution in [-0.4, -0.2) is 62.6 Å². The van der Waals surface area contributed by atoms with Gasteiger partial charge in [-0.3, -0.25) is 0 Å². The molecule has 2 atom stereocenters. The molecule has 2 N–H and O–H groups in total. The van der Waals surface area contributed by atoms with Gasteiger partial charge < -0.3 is 20.1 Å². The largest absolute Gasteiger partial charge is 0.396 e. The van der Waals surface area contributed by atoms with Gasteiger partial charge in [0.25, 0.3) is 0 Å². The van der Waals surface area contributed by atoms with Crippen molar-refractivity contribution in [3.63, 3.8) is 0 Å². The first kappa shape index (κ1) is 14.9. The van der Waals surface area contributed by atoms with Gasteiger partial charge in [0.05, 0.1) is 6.61 Å². The summed E-state index contributed by atoms with van der Waals surface area (Å²) in [7, 11) is 1.78. The van der Waals surface area contributed by atoms with Crippen LogP contribution in [0.3, 0.4) is 0 Å². The number of methoxy groups -OCH3 is 1. The highest BCUT2D eigenvalue weighted by Gasteiger charge is 2.21. The molecule has 1 rings (SSSR count). The van der Waals surface area contributed by atoms with E-state index >= 15 is 0 Å². The van der Waals surface area contributed by atoms with E-state index in [1.165, 1.54) is 19.4 Å². The Kier molecular flexibility index (Phi) is 7.77. The molecule has 4 heteroatoms. The molecule has 2 unspecified atom stereocenters. The number of likely N-dealkylation sites (N-methyl/N-ethyl adjacent to an activating group) is 1.